The molecule has 0 radical (unpaired) electrons. The molecule has 0 spiro atoms. The maximum atomic E-state index is 5.54. The monoisotopic (exact) mass is 217 g/mol. The minimum absolute atomic E-state index is 0.432. The van der Waals surface area contributed by atoms with Crippen LogP contribution in [-0.4, -0.2) is 16.6 Å². The molecule has 0 fully saturated rings. The average molecular weight is 217 g/mol. The zero-order chi connectivity index (χ0) is 11.5. The molecule has 2 aromatic rings. The third-order valence-electron chi connectivity index (χ3n) is 2.38. The van der Waals surface area contributed by atoms with Gasteiger partial charge in [0, 0.05) is 5.56 Å². The minimum atomic E-state index is 0.432. The van der Waals surface area contributed by atoms with E-state index in [0.717, 1.165) is 22.6 Å². The zero-order valence-corrected chi connectivity index (χ0v) is 9.45. The van der Waals surface area contributed by atoms with Crippen molar-refractivity contribution in [3.8, 4) is 17.0 Å². The van der Waals surface area contributed by atoms with Crippen molar-refractivity contribution < 1.29 is 4.74 Å². The Labute approximate surface area is 94.5 Å². The van der Waals surface area contributed by atoms with E-state index >= 15 is 0 Å². The molecule has 0 aliphatic carbocycles. The van der Waals surface area contributed by atoms with Crippen molar-refractivity contribution in [1.29, 1.82) is 0 Å². The van der Waals surface area contributed by atoms with E-state index in [9.17, 15) is 0 Å². The number of imidazole rings is 1. The van der Waals surface area contributed by atoms with Crippen molar-refractivity contribution in [3.05, 3.63) is 30.0 Å². The molecule has 0 saturated carbocycles. The summed E-state index contributed by atoms with van der Waals surface area (Å²) in [5.41, 5.74) is 8.62. The number of nitrogens with one attached hydrogen (secondary N) is 1. The molecular formula is C12H15N3O. The van der Waals surface area contributed by atoms with Gasteiger partial charge >= 0.3 is 0 Å². The molecule has 4 nitrogen and oxygen atoms in total. The van der Waals surface area contributed by atoms with Crippen LogP contribution in [0.5, 0.6) is 5.75 Å². The summed E-state index contributed by atoms with van der Waals surface area (Å²) >= 11 is 0. The fourth-order valence-electron chi connectivity index (χ4n) is 1.62. The number of aromatic nitrogens is 2. The zero-order valence-electron chi connectivity index (χ0n) is 9.45. The van der Waals surface area contributed by atoms with Crippen molar-refractivity contribution in [2.45, 2.75) is 13.8 Å². The van der Waals surface area contributed by atoms with Crippen LogP contribution >= 0.6 is 0 Å². The molecule has 1 aromatic carbocycles. The van der Waals surface area contributed by atoms with E-state index in [1.54, 1.807) is 6.20 Å². The summed E-state index contributed by atoms with van der Waals surface area (Å²) in [7, 11) is 0. The maximum absolute atomic E-state index is 5.54. The van der Waals surface area contributed by atoms with E-state index in [1.807, 2.05) is 26.0 Å². The summed E-state index contributed by atoms with van der Waals surface area (Å²) in [6.07, 6.45) is 1.73. The summed E-state index contributed by atoms with van der Waals surface area (Å²) in [6, 6.07) is 6.01. The fourth-order valence-corrected chi connectivity index (χ4v) is 1.62. The molecule has 3 N–H and O–H groups in total. The summed E-state index contributed by atoms with van der Waals surface area (Å²) in [4.78, 5) is 6.97. The number of H-pyrrole nitrogens is 1. The van der Waals surface area contributed by atoms with Crippen molar-refractivity contribution in [3.63, 3.8) is 0 Å². The van der Waals surface area contributed by atoms with Gasteiger partial charge in [0.05, 0.1) is 18.5 Å². The van der Waals surface area contributed by atoms with Crippen LogP contribution in [0.3, 0.4) is 0 Å². The highest BCUT2D eigenvalue weighted by molar-refractivity contribution is 5.62. The van der Waals surface area contributed by atoms with Crippen LogP contribution in [0.2, 0.25) is 0 Å². The van der Waals surface area contributed by atoms with Gasteiger partial charge in [-0.1, -0.05) is 0 Å². The van der Waals surface area contributed by atoms with Gasteiger partial charge in [0.25, 0.3) is 0 Å². The van der Waals surface area contributed by atoms with Crippen molar-refractivity contribution in [1.82, 2.24) is 9.97 Å². The Balaban J connectivity index is 2.34. The molecule has 0 bridgehead atoms. The highest BCUT2D eigenvalue weighted by atomic mass is 16.5. The van der Waals surface area contributed by atoms with Crippen LogP contribution in [0.15, 0.2) is 24.4 Å². The van der Waals surface area contributed by atoms with E-state index in [4.69, 9.17) is 10.5 Å². The fraction of sp³-hybridized carbons (Fsp3) is 0.250. The quantitative estimate of drug-likeness (QED) is 0.829. The molecule has 0 aliphatic heterocycles. The SMILES string of the molecule is CCOc1ccc(-c2cnc(N)[nH]2)cc1C. The van der Waals surface area contributed by atoms with E-state index in [2.05, 4.69) is 16.0 Å². The van der Waals surface area contributed by atoms with Gasteiger partial charge in [0.1, 0.15) is 5.75 Å². The van der Waals surface area contributed by atoms with Crippen LogP contribution in [0.25, 0.3) is 11.3 Å². The number of hydrogen-bond acceptors (Lipinski definition) is 3. The topological polar surface area (TPSA) is 63.9 Å². The van der Waals surface area contributed by atoms with E-state index in [1.165, 1.54) is 0 Å². The van der Waals surface area contributed by atoms with Crippen LogP contribution in [0, 0.1) is 6.92 Å². The lowest BCUT2D eigenvalue weighted by atomic mass is 10.1. The number of aromatic amines is 1. The summed E-state index contributed by atoms with van der Waals surface area (Å²) in [6.45, 7) is 4.67. The first-order valence-corrected chi connectivity index (χ1v) is 5.25. The number of nitrogen functional groups attached to an aromatic ring is 1. The van der Waals surface area contributed by atoms with Gasteiger partial charge in [-0.25, -0.2) is 4.98 Å². The molecule has 4 heteroatoms. The van der Waals surface area contributed by atoms with Gasteiger partial charge < -0.3 is 15.5 Å². The summed E-state index contributed by atoms with van der Waals surface area (Å²) < 4.78 is 5.48. The number of rotatable bonds is 3. The van der Waals surface area contributed by atoms with Crippen molar-refractivity contribution in [2.24, 2.45) is 0 Å². The second-order valence-corrected chi connectivity index (χ2v) is 3.60. The molecule has 1 heterocycles. The largest absolute Gasteiger partial charge is 0.494 e. The number of nitrogens with zero attached hydrogens (tertiary/aromatic N) is 1. The van der Waals surface area contributed by atoms with Crippen LogP contribution in [0.1, 0.15) is 12.5 Å². The Morgan fingerprint density at radius 3 is 2.81 bits per heavy atom. The predicted molar refractivity (Wildman–Crippen MR) is 64.3 cm³/mol. The number of ether oxygens (including phenoxy) is 1. The van der Waals surface area contributed by atoms with Gasteiger partial charge in [-0.15, -0.1) is 0 Å². The van der Waals surface area contributed by atoms with E-state index in [-0.39, 0.29) is 0 Å². The van der Waals surface area contributed by atoms with Crippen LogP contribution in [-0.2, 0) is 0 Å². The molecule has 16 heavy (non-hydrogen) atoms. The van der Waals surface area contributed by atoms with E-state index in [0.29, 0.717) is 12.6 Å². The number of anilines is 1. The third-order valence-corrected chi connectivity index (χ3v) is 2.38. The molecule has 84 valence electrons. The second-order valence-electron chi connectivity index (χ2n) is 3.60. The maximum Gasteiger partial charge on any atom is 0.197 e. The van der Waals surface area contributed by atoms with Crippen molar-refractivity contribution >= 4 is 5.95 Å². The lowest BCUT2D eigenvalue weighted by molar-refractivity contribution is 0.338. The molecule has 0 atom stereocenters. The predicted octanol–water partition coefficient (Wildman–Crippen LogP) is 2.37. The van der Waals surface area contributed by atoms with Gasteiger partial charge in [0.2, 0.25) is 0 Å². The van der Waals surface area contributed by atoms with Gasteiger partial charge in [0.15, 0.2) is 5.95 Å². The molecule has 0 saturated heterocycles. The Kier molecular flexibility index (Phi) is 2.81. The molecule has 0 unspecified atom stereocenters. The third kappa shape index (κ3) is 2.00. The second kappa shape index (κ2) is 4.26. The highest BCUT2D eigenvalue weighted by Gasteiger charge is 2.04. The van der Waals surface area contributed by atoms with Gasteiger partial charge in [-0.3, -0.25) is 0 Å². The Morgan fingerprint density at radius 1 is 1.44 bits per heavy atom. The Hall–Kier alpha value is -1.97. The standard InChI is InChI=1S/C12H15N3O/c1-3-16-11-5-4-9(6-8(11)2)10-7-14-12(13)15-10/h4-7H,3H2,1-2H3,(H3,13,14,15). The van der Waals surface area contributed by atoms with Gasteiger partial charge in [-0.2, -0.15) is 0 Å². The summed E-state index contributed by atoms with van der Waals surface area (Å²) in [5, 5.41) is 0. The first-order valence-electron chi connectivity index (χ1n) is 5.25. The smallest absolute Gasteiger partial charge is 0.197 e. The highest BCUT2D eigenvalue weighted by Crippen LogP contribution is 2.25. The number of aryl methyl sites for hydroxylation is 1. The Bertz CT molecular complexity index is 491. The van der Waals surface area contributed by atoms with Gasteiger partial charge in [-0.05, 0) is 37.6 Å². The molecular weight excluding hydrogens is 202 g/mol. The number of hydrogen-bond donors (Lipinski definition) is 2. The average Bonchev–Trinajstić information content (AvgIpc) is 2.68. The molecule has 1 aromatic heterocycles. The first kappa shape index (κ1) is 10.5. The number of benzene rings is 1. The van der Waals surface area contributed by atoms with Crippen molar-refractivity contribution in [2.75, 3.05) is 12.3 Å². The summed E-state index contributed by atoms with van der Waals surface area (Å²) in [5.74, 6) is 1.35. The molecule has 0 aliphatic rings. The Morgan fingerprint density at radius 2 is 2.25 bits per heavy atom. The first-order chi connectivity index (χ1) is 7.70. The number of nitrogens with two attached hydrogens (primary N) is 1. The molecule has 2 rings (SSSR count). The minimum Gasteiger partial charge on any atom is -0.494 e. The van der Waals surface area contributed by atoms with Crippen LogP contribution < -0.4 is 10.5 Å². The van der Waals surface area contributed by atoms with Crippen LogP contribution in [0.4, 0.5) is 5.95 Å². The normalized spacial score (nSPS) is 10.4. The van der Waals surface area contributed by atoms with E-state index < -0.39 is 0 Å². The lowest BCUT2D eigenvalue weighted by Gasteiger charge is -2.07. The molecule has 0 amide bonds. The lowest BCUT2D eigenvalue weighted by Crippen LogP contribution is -1.94.